The lowest BCUT2D eigenvalue weighted by Gasteiger charge is -2.32. The predicted molar refractivity (Wildman–Crippen MR) is 62.7 cm³/mol. The van der Waals surface area contributed by atoms with Gasteiger partial charge in [-0.05, 0) is 31.0 Å². The molecular formula is C12H13FO3S. The Morgan fingerprint density at radius 2 is 2.12 bits per heavy atom. The molecule has 17 heavy (non-hydrogen) atoms. The first-order chi connectivity index (χ1) is 8.12. The summed E-state index contributed by atoms with van der Waals surface area (Å²) in [5.74, 6) is -1.20. The molecule has 0 aromatic heterocycles. The highest BCUT2D eigenvalue weighted by Gasteiger charge is 2.41. The summed E-state index contributed by atoms with van der Waals surface area (Å²) in [4.78, 5) is 12.0. The van der Waals surface area contributed by atoms with Gasteiger partial charge >= 0.3 is 5.97 Å². The third-order valence-electron chi connectivity index (χ3n) is 2.80. The van der Waals surface area contributed by atoms with Crippen LogP contribution in [0.2, 0.25) is 0 Å². The highest BCUT2D eigenvalue weighted by Crippen LogP contribution is 2.40. The number of rotatable bonds is 3. The van der Waals surface area contributed by atoms with E-state index in [1.165, 1.54) is 23.9 Å². The van der Waals surface area contributed by atoms with Crippen molar-refractivity contribution in [1.82, 2.24) is 0 Å². The maximum atomic E-state index is 13.1. The predicted octanol–water partition coefficient (Wildman–Crippen LogP) is 2.55. The second-order valence-electron chi connectivity index (χ2n) is 3.97. The van der Waals surface area contributed by atoms with Crippen LogP contribution in [-0.4, -0.2) is 29.0 Å². The van der Waals surface area contributed by atoms with Gasteiger partial charge in [0, 0.05) is 18.1 Å². The molecule has 2 rings (SSSR count). The van der Waals surface area contributed by atoms with E-state index in [2.05, 4.69) is 0 Å². The van der Waals surface area contributed by atoms with Crippen molar-refractivity contribution >= 4 is 17.7 Å². The van der Waals surface area contributed by atoms with E-state index in [9.17, 15) is 14.3 Å². The lowest BCUT2D eigenvalue weighted by atomic mass is 9.99. The molecule has 0 amide bonds. The molecule has 0 saturated carbocycles. The molecule has 1 aromatic rings. The zero-order valence-electron chi connectivity index (χ0n) is 9.19. The van der Waals surface area contributed by atoms with Crippen LogP contribution in [0, 0.1) is 5.82 Å². The molecule has 0 radical (unpaired) electrons. The molecule has 92 valence electrons. The summed E-state index contributed by atoms with van der Waals surface area (Å²) in [5.41, 5.74) is 0. The van der Waals surface area contributed by atoms with Gasteiger partial charge in [-0.2, -0.15) is 0 Å². The first-order valence-corrected chi connectivity index (χ1v) is 6.20. The van der Waals surface area contributed by atoms with E-state index in [1.807, 2.05) is 0 Å². The summed E-state index contributed by atoms with van der Waals surface area (Å²) >= 11 is 1.21. The molecule has 1 N–H and O–H groups in total. The standard InChI is InChI=1S/C12H13FO3S/c13-9-2-1-3-10(8-9)17-12(11(14)15)4-6-16-7-5-12/h1-3,8H,4-7H2,(H,14,15). The fourth-order valence-electron chi connectivity index (χ4n) is 1.82. The van der Waals surface area contributed by atoms with Gasteiger partial charge in [0.25, 0.3) is 0 Å². The van der Waals surface area contributed by atoms with E-state index in [-0.39, 0.29) is 5.82 Å². The Kier molecular flexibility index (Phi) is 3.69. The molecule has 1 aromatic carbocycles. The van der Waals surface area contributed by atoms with E-state index < -0.39 is 10.7 Å². The van der Waals surface area contributed by atoms with Crippen molar-refractivity contribution in [3.8, 4) is 0 Å². The quantitative estimate of drug-likeness (QED) is 0.902. The summed E-state index contributed by atoms with van der Waals surface area (Å²) in [5, 5.41) is 9.35. The fraction of sp³-hybridized carbons (Fsp3) is 0.417. The SMILES string of the molecule is O=C(O)C1(Sc2cccc(F)c2)CCOCC1. The summed E-state index contributed by atoms with van der Waals surface area (Å²) in [6, 6.07) is 6.03. The minimum absolute atomic E-state index is 0.345. The number of carboxylic acid groups (broad SMARTS) is 1. The minimum atomic E-state index is -0.883. The minimum Gasteiger partial charge on any atom is -0.480 e. The highest BCUT2D eigenvalue weighted by atomic mass is 32.2. The van der Waals surface area contributed by atoms with Crippen molar-refractivity contribution in [1.29, 1.82) is 0 Å². The molecule has 0 atom stereocenters. The lowest BCUT2D eigenvalue weighted by molar-refractivity contribution is -0.142. The normalized spacial score (nSPS) is 18.9. The highest BCUT2D eigenvalue weighted by molar-refractivity contribution is 8.01. The van der Waals surface area contributed by atoms with Crippen LogP contribution < -0.4 is 0 Å². The lowest BCUT2D eigenvalue weighted by Crippen LogP contribution is -2.40. The van der Waals surface area contributed by atoms with Crippen LogP contribution >= 0.6 is 11.8 Å². The Bertz CT molecular complexity index is 416. The van der Waals surface area contributed by atoms with Crippen LogP contribution in [0.15, 0.2) is 29.2 Å². The molecule has 1 heterocycles. The van der Waals surface area contributed by atoms with Gasteiger partial charge in [0.2, 0.25) is 0 Å². The van der Waals surface area contributed by atoms with Gasteiger partial charge in [0.05, 0.1) is 0 Å². The number of hydrogen-bond donors (Lipinski definition) is 1. The number of aliphatic carboxylic acids is 1. The molecule has 1 aliphatic rings. The molecular weight excluding hydrogens is 243 g/mol. The number of thioether (sulfide) groups is 1. The molecule has 5 heteroatoms. The number of benzene rings is 1. The van der Waals surface area contributed by atoms with Gasteiger partial charge in [-0.3, -0.25) is 4.79 Å². The number of ether oxygens (including phenoxy) is 1. The van der Waals surface area contributed by atoms with Crippen LogP contribution in [-0.2, 0) is 9.53 Å². The van der Waals surface area contributed by atoms with Crippen LogP contribution in [0.5, 0.6) is 0 Å². The van der Waals surface area contributed by atoms with Crippen molar-refractivity contribution in [3.05, 3.63) is 30.1 Å². The molecule has 0 unspecified atom stereocenters. The van der Waals surface area contributed by atoms with Crippen LogP contribution in [0.1, 0.15) is 12.8 Å². The fourth-order valence-corrected chi connectivity index (χ4v) is 3.04. The van der Waals surface area contributed by atoms with Crippen molar-refractivity contribution in [2.75, 3.05) is 13.2 Å². The van der Waals surface area contributed by atoms with Crippen LogP contribution in [0.3, 0.4) is 0 Å². The van der Waals surface area contributed by atoms with Crippen molar-refractivity contribution in [2.45, 2.75) is 22.5 Å². The molecule has 1 fully saturated rings. The van der Waals surface area contributed by atoms with Crippen molar-refractivity contribution in [2.24, 2.45) is 0 Å². The van der Waals surface area contributed by atoms with Crippen LogP contribution in [0.25, 0.3) is 0 Å². The third-order valence-corrected chi connectivity index (χ3v) is 4.26. The molecule has 0 bridgehead atoms. The number of carbonyl (C=O) groups is 1. The summed E-state index contributed by atoms with van der Waals surface area (Å²) in [6.07, 6.45) is 0.896. The Morgan fingerprint density at radius 3 is 2.71 bits per heavy atom. The summed E-state index contributed by atoms with van der Waals surface area (Å²) < 4.78 is 17.4. The average molecular weight is 256 g/mol. The molecule has 1 aliphatic heterocycles. The van der Waals surface area contributed by atoms with Gasteiger partial charge in [-0.25, -0.2) is 4.39 Å². The topological polar surface area (TPSA) is 46.5 Å². The number of halogens is 1. The van der Waals surface area contributed by atoms with Crippen molar-refractivity contribution in [3.63, 3.8) is 0 Å². The smallest absolute Gasteiger partial charge is 0.320 e. The maximum Gasteiger partial charge on any atom is 0.320 e. The van der Waals surface area contributed by atoms with Gasteiger partial charge in [0.15, 0.2) is 0 Å². The first kappa shape index (κ1) is 12.4. The van der Waals surface area contributed by atoms with Gasteiger partial charge in [0.1, 0.15) is 10.6 Å². The first-order valence-electron chi connectivity index (χ1n) is 5.38. The van der Waals surface area contributed by atoms with E-state index in [4.69, 9.17) is 4.74 Å². The zero-order chi connectivity index (χ0) is 12.3. The van der Waals surface area contributed by atoms with Gasteiger partial charge in [-0.1, -0.05) is 6.07 Å². The Morgan fingerprint density at radius 1 is 1.41 bits per heavy atom. The second-order valence-corrected chi connectivity index (χ2v) is 5.43. The van der Waals surface area contributed by atoms with E-state index >= 15 is 0 Å². The number of hydrogen-bond acceptors (Lipinski definition) is 3. The second kappa shape index (κ2) is 5.06. The molecule has 0 spiro atoms. The summed E-state index contributed by atoms with van der Waals surface area (Å²) in [6.45, 7) is 0.878. The Balaban J connectivity index is 2.20. The van der Waals surface area contributed by atoms with Gasteiger partial charge in [-0.15, -0.1) is 11.8 Å². The van der Waals surface area contributed by atoms with Crippen LogP contribution in [0.4, 0.5) is 4.39 Å². The average Bonchev–Trinajstić information content (AvgIpc) is 2.30. The van der Waals surface area contributed by atoms with Gasteiger partial charge < -0.3 is 9.84 Å². The van der Waals surface area contributed by atoms with Crippen molar-refractivity contribution < 1.29 is 19.0 Å². The Hall–Kier alpha value is -1.07. The largest absolute Gasteiger partial charge is 0.480 e. The monoisotopic (exact) mass is 256 g/mol. The number of carboxylic acids is 1. The molecule has 0 aliphatic carbocycles. The molecule has 1 saturated heterocycles. The molecule has 3 nitrogen and oxygen atoms in total. The zero-order valence-corrected chi connectivity index (χ0v) is 10.0. The van der Waals surface area contributed by atoms with E-state index in [0.717, 1.165) is 0 Å². The Labute approximate surface area is 103 Å². The van der Waals surface area contributed by atoms with E-state index in [1.54, 1.807) is 12.1 Å². The maximum absolute atomic E-state index is 13.1. The summed E-state index contributed by atoms with van der Waals surface area (Å²) in [7, 11) is 0. The third kappa shape index (κ3) is 2.79. The van der Waals surface area contributed by atoms with E-state index in [0.29, 0.717) is 31.0 Å².